The minimum atomic E-state index is -0.600. The number of fused-ring (bicyclic) bond motifs is 30. The van der Waals surface area contributed by atoms with Gasteiger partial charge in [-0.1, -0.05) is 431 Å². The van der Waals surface area contributed by atoms with Crippen LogP contribution in [0, 0.1) is 13.8 Å². The number of aromatic nitrogens is 6. The molecule has 746 valence electrons. The predicted octanol–water partition coefficient (Wildman–Crippen LogP) is 36.8. The fourth-order valence-electron chi connectivity index (χ4n) is 26.7. The summed E-state index contributed by atoms with van der Waals surface area (Å²) in [5.41, 5.74) is 50.6. The van der Waals surface area contributed by atoms with Crippen LogP contribution in [-0.4, -0.2) is 45.0 Å². The van der Waals surface area contributed by atoms with Crippen molar-refractivity contribution in [3.05, 3.63) is 427 Å². The molecule has 0 radical (unpaired) electrons. The van der Waals surface area contributed by atoms with Crippen LogP contribution in [0.4, 0.5) is 0 Å². The number of hydrogen-bond acceptors (Lipinski definition) is 0. The van der Waals surface area contributed by atoms with Crippen LogP contribution < -0.4 is 0 Å². The van der Waals surface area contributed by atoms with Crippen molar-refractivity contribution in [1.29, 1.82) is 0 Å². The van der Waals surface area contributed by atoms with E-state index in [0.717, 1.165) is 52.1 Å². The Morgan fingerprint density at radius 2 is 0.544 bits per heavy atom. The van der Waals surface area contributed by atoms with Crippen LogP contribution in [0.15, 0.2) is 332 Å². The van der Waals surface area contributed by atoms with Crippen molar-refractivity contribution in [2.75, 3.05) is 0 Å². The van der Waals surface area contributed by atoms with Crippen molar-refractivity contribution in [1.82, 2.24) is 27.4 Å². The molecule has 6 aliphatic carbocycles. The van der Waals surface area contributed by atoms with Crippen molar-refractivity contribution in [3.63, 3.8) is 0 Å². The second-order valence-corrected chi connectivity index (χ2v) is 55.5. The van der Waals surface area contributed by atoms with Crippen LogP contribution in [0.25, 0.3) is 133 Å². The highest BCUT2D eigenvalue weighted by Gasteiger charge is 2.47. The molecule has 20 aromatic rings. The molecule has 0 aliphatic heterocycles. The Morgan fingerprint density at radius 1 is 0.265 bits per heavy atom. The molecule has 6 aromatic heterocycles. The van der Waals surface area contributed by atoms with Gasteiger partial charge in [-0.2, -0.15) is 0 Å². The van der Waals surface area contributed by atoms with Crippen LogP contribution in [0.5, 0.6) is 0 Å². The van der Waals surface area contributed by atoms with Gasteiger partial charge in [0, 0.05) is 193 Å². The molecule has 26 rings (SSSR count). The molecular formula is C138H149BrN6Si2. The van der Waals surface area contributed by atoms with E-state index in [-0.39, 0.29) is 37.9 Å². The highest BCUT2D eigenvalue weighted by Crippen LogP contribution is 2.61. The lowest BCUT2D eigenvalue weighted by Crippen LogP contribution is -2.15. The molecular weight excluding hydrogens is 1880 g/mol. The van der Waals surface area contributed by atoms with Gasteiger partial charge < -0.3 is 27.4 Å². The largest absolute Gasteiger partial charge is 0.341 e. The number of nitrogens with zero attached hydrogens (tertiary/aromatic N) is 6. The van der Waals surface area contributed by atoms with E-state index in [9.17, 15) is 0 Å². The van der Waals surface area contributed by atoms with Gasteiger partial charge in [0.15, 0.2) is 0 Å². The lowest BCUT2D eigenvalue weighted by atomic mass is 9.80. The lowest BCUT2D eigenvalue weighted by molar-refractivity contribution is 0.590. The Balaban J connectivity index is 0.000000104. The molecule has 0 unspecified atom stereocenters. The molecule has 6 aliphatic rings. The third kappa shape index (κ3) is 17.0. The zero-order chi connectivity index (χ0) is 103. The van der Waals surface area contributed by atoms with Crippen LogP contribution in [-0.2, 0) is 83.6 Å². The number of benzene rings is 14. The summed E-state index contributed by atoms with van der Waals surface area (Å²) in [6.45, 7) is 60.5. The highest BCUT2D eigenvalue weighted by molar-refractivity contribution is 9.10. The number of rotatable bonds is 16. The highest BCUT2D eigenvalue weighted by atomic mass is 79.9. The van der Waals surface area contributed by atoms with Gasteiger partial charge in [0.2, 0.25) is 0 Å². The van der Waals surface area contributed by atoms with E-state index in [2.05, 4.69) is 529 Å². The first kappa shape index (κ1) is 100. The first-order chi connectivity index (χ1) is 70.5. The molecule has 9 heteroatoms. The summed E-state index contributed by atoms with van der Waals surface area (Å²) in [5.74, 6) is 0. The average molecular weight is 2030 g/mol. The summed E-state index contributed by atoms with van der Waals surface area (Å²) in [6.07, 6.45) is 4.73. The molecule has 0 saturated carbocycles. The van der Waals surface area contributed by atoms with E-state index in [1.807, 2.05) is 0 Å². The summed E-state index contributed by atoms with van der Waals surface area (Å²) in [5, 5.41) is 8.53. The summed E-state index contributed by atoms with van der Waals surface area (Å²) in [7, 11) is -1.18. The molecule has 14 aromatic carbocycles. The van der Waals surface area contributed by atoms with Crippen molar-refractivity contribution in [2.24, 2.45) is 0 Å². The fraction of sp³-hybridized carbons (Fsp3) is 0.304. The van der Waals surface area contributed by atoms with Crippen LogP contribution in [0.2, 0.25) is 38.3 Å². The van der Waals surface area contributed by atoms with E-state index in [4.69, 9.17) is 0 Å². The first-order valence-electron chi connectivity index (χ1n) is 54.7. The van der Waals surface area contributed by atoms with Gasteiger partial charge in [0.1, 0.15) is 0 Å². The number of aryl methyl sites for hydroxylation is 8. The third-order valence-electron chi connectivity index (χ3n) is 34.0. The van der Waals surface area contributed by atoms with Gasteiger partial charge in [0.25, 0.3) is 0 Å². The molecule has 6 nitrogen and oxygen atoms in total. The summed E-state index contributed by atoms with van der Waals surface area (Å²) < 4.78 is 16.5. The smallest absolute Gasteiger partial charge is 0.0539 e. The van der Waals surface area contributed by atoms with Crippen molar-refractivity contribution in [2.45, 2.75) is 273 Å². The van der Waals surface area contributed by atoms with Gasteiger partial charge >= 0.3 is 0 Å². The number of hydrogen-bond donors (Lipinski definition) is 0. The minimum Gasteiger partial charge on any atom is -0.341 e. The number of para-hydroxylation sites is 2. The molecule has 0 N–H and O–H groups in total. The Morgan fingerprint density at radius 3 is 0.912 bits per heavy atom. The Labute approximate surface area is 886 Å². The molecule has 147 heavy (non-hydrogen) atoms. The molecule has 0 saturated heterocycles. The number of unbranched alkanes of at least 4 members (excludes halogenated alkanes) is 1. The van der Waals surface area contributed by atoms with E-state index in [0.29, 0.717) is 0 Å². The molecule has 6 heterocycles. The lowest BCUT2D eigenvalue weighted by Gasteiger charge is -2.23. The van der Waals surface area contributed by atoms with Crippen LogP contribution >= 0.6 is 15.9 Å². The maximum Gasteiger partial charge on any atom is 0.0539 e. The first-order valence-corrected chi connectivity index (χ1v) is 61.7. The Kier molecular flexibility index (Phi) is 26.4. The molecule has 0 fully saturated rings. The summed E-state index contributed by atoms with van der Waals surface area (Å²) >= 11 is 3.68. The van der Waals surface area contributed by atoms with Gasteiger partial charge in [-0.05, 0) is 208 Å². The zero-order valence-electron chi connectivity index (χ0n) is 91.4. The second-order valence-electron chi connectivity index (χ2n) is 47.8. The third-order valence-corrected chi connectivity index (χ3v) is 37.3. The van der Waals surface area contributed by atoms with Crippen LogP contribution in [0.3, 0.4) is 0 Å². The molecule has 0 bridgehead atoms. The standard InChI is InChI=1S/C26H25N.C25H33NSi.C25H23N.C21H24BrNSi.C21H23N.C20H21N/c1-26(2)22-16-8-6-14-20(22)25-24(26)21-15-7-9-17-23(21)27(25)18-10-13-19-11-4-3-5-12-19;1-24(2,3)17-12-13-21-19(16-17)22-23(26(21)14-15-27(6)7)18-10-8-9-11-20(18)25(22,4)5;1-17-13-14-22-20(15-17)23-24(26(22)16-18-9-5-4-6-10-18)19-11-7-8-12-21(19)25(23,2)3;1-21(2)17-8-6-5-7-15(17)20-19(21)16-13-14(22)9-10-18(16)23(20)11-12-24(3)4;1-4-5-14-22-18-13-9-7-11-16(18)19-20(22)15-10-6-8-12-17(15)21(19,2)3;1-5-21-17-11-10-13(2)12-15(17)18-19(21)14-8-6-7-9-16(14)20(18,3)4/h3-9,11-12,14-17H,10,13,18H2,1-2H3;8-13,16,27H,14-15H2,1-7H3;4-15H,16H2,1-3H3;5-10,13,24H,11-12H2,1-4H3;6-13H,4-5,14H2,1-3H3;6-12H,5H2,1-4H3. The van der Waals surface area contributed by atoms with Gasteiger partial charge in [-0.25, -0.2) is 0 Å². The summed E-state index contributed by atoms with van der Waals surface area (Å²) in [4.78, 5) is 0. The van der Waals surface area contributed by atoms with Crippen molar-refractivity contribution < 1.29 is 0 Å². The molecule has 0 atom stereocenters. The maximum atomic E-state index is 3.68. The predicted molar refractivity (Wildman–Crippen MR) is 641 cm³/mol. The van der Waals surface area contributed by atoms with Crippen molar-refractivity contribution in [3.8, 4) is 67.5 Å². The van der Waals surface area contributed by atoms with E-state index < -0.39 is 17.6 Å². The Bertz CT molecular complexity index is 8460. The minimum absolute atomic E-state index is 0.0277. The topological polar surface area (TPSA) is 29.6 Å². The number of halogens is 1. The quantitative estimate of drug-likeness (QED) is 0.0863. The zero-order valence-corrected chi connectivity index (χ0v) is 95.3. The SMILES string of the molecule is CC1(C)c2ccccc2-c2c1c1ccccc1n2CCCc1ccccc1.CCCCn1c2c(c3ccccc31)C(C)(C)c1ccccc1-2.CCn1c2c(c3cc(C)ccc31)C(C)(C)c1ccccc1-2.C[SiH](C)CCn1c2c(c3cc(Br)ccc31)C(C)(C)c1ccccc1-2.C[SiH](C)CCn1c2c(c3cc(C(C)(C)C)ccc31)C(C)(C)c1ccccc1-2.Cc1ccc2c(c1)c1c(n2Cc2ccccc2)-c2ccccc2C1(C)C. The Hall–Kier alpha value is -12.8. The van der Waals surface area contributed by atoms with Gasteiger partial charge in [-0.3, -0.25) is 0 Å². The van der Waals surface area contributed by atoms with E-state index in [1.54, 1.807) is 0 Å². The van der Waals surface area contributed by atoms with Crippen LogP contribution in [0.1, 0.15) is 232 Å². The summed E-state index contributed by atoms with van der Waals surface area (Å²) in [6, 6.07) is 124. The van der Waals surface area contributed by atoms with E-state index in [1.165, 1.54) is 257 Å². The average Bonchev–Trinajstić information content (AvgIpc) is 1.56. The second kappa shape index (κ2) is 38.7. The maximum absolute atomic E-state index is 3.68. The van der Waals surface area contributed by atoms with Gasteiger partial charge in [0.05, 0.1) is 34.2 Å². The van der Waals surface area contributed by atoms with Crippen molar-refractivity contribution >= 4 is 98.9 Å². The molecule has 0 amide bonds. The van der Waals surface area contributed by atoms with Gasteiger partial charge in [-0.15, -0.1) is 0 Å². The van der Waals surface area contributed by atoms with E-state index >= 15 is 0 Å². The fourth-order valence-corrected chi connectivity index (χ4v) is 28.7. The normalized spacial score (nSPS) is 14.9. The monoisotopic (exact) mass is 2030 g/mol. The molecule has 0 spiro atoms.